The molecule has 1 fully saturated rings. The molecule has 0 radical (unpaired) electrons. The van der Waals surface area contributed by atoms with Crippen molar-refractivity contribution in [2.45, 2.75) is 32.2 Å². The fraction of sp³-hybridized carbons (Fsp3) is 0.533. The molecule has 1 aliphatic heterocycles. The minimum absolute atomic E-state index is 0.0567. The van der Waals surface area contributed by atoms with Gasteiger partial charge < -0.3 is 9.55 Å². The monoisotopic (exact) mass is 287 g/mol. The van der Waals surface area contributed by atoms with Gasteiger partial charge in [-0.05, 0) is 26.3 Å². The number of aromatic amines is 1. The van der Waals surface area contributed by atoms with E-state index < -0.39 is 0 Å². The zero-order valence-corrected chi connectivity index (χ0v) is 12.5. The highest BCUT2D eigenvalue weighted by atomic mass is 16.1. The Morgan fingerprint density at radius 2 is 2.33 bits per heavy atom. The van der Waals surface area contributed by atoms with E-state index in [0.29, 0.717) is 5.92 Å². The number of rotatable bonds is 3. The number of hydrogen-bond acceptors (Lipinski definition) is 4. The van der Waals surface area contributed by atoms with Crippen LogP contribution < -0.4 is 5.56 Å². The number of H-pyrrole nitrogens is 1. The zero-order valence-electron chi connectivity index (χ0n) is 12.5. The fourth-order valence-electron chi connectivity index (χ4n) is 2.97. The first kappa shape index (κ1) is 14.0. The number of imidazole rings is 1. The molecule has 0 amide bonds. The van der Waals surface area contributed by atoms with Gasteiger partial charge in [0.1, 0.15) is 11.6 Å². The first-order chi connectivity index (χ1) is 10.1. The van der Waals surface area contributed by atoms with Gasteiger partial charge in [-0.25, -0.2) is 9.97 Å². The molecule has 0 saturated carbocycles. The highest BCUT2D eigenvalue weighted by Gasteiger charge is 2.24. The average molecular weight is 287 g/mol. The van der Waals surface area contributed by atoms with Crippen molar-refractivity contribution in [1.29, 1.82) is 0 Å². The molecule has 1 saturated heterocycles. The summed E-state index contributed by atoms with van der Waals surface area (Å²) in [6.07, 6.45) is 5.99. The van der Waals surface area contributed by atoms with E-state index in [0.717, 1.165) is 49.8 Å². The van der Waals surface area contributed by atoms with Gasteiger partial charge in [-0.1, -0.05) is 0 Å². The third-order valence-corrected chi connectivity index (χ3v) is 4.07. The Labute approximate surface area is 123 Å². The third-order valence-electron chi connectivity index (χ3n) is 4.07. The van der Waals surface area contributed by atoms with Crippen LogP contribution in [0.15, 0.2) is 23.3 Å². The van der Waals surface area contributed by atoms with E-state index in [1.165, 1.54) is 6.07 Å². The number of piperidine rings is 1. The summed E-state index contributed by atoms with van der Waals surface area (Å²) in [5, 5.41) is 0. The van der Waals surface area contributed by atoms with Crippen LogP contribution in [0.2, 0.25) is 0 Å². The molecular weight excluding hydrogens is 266 g/mol. The predicted octanol–water partition coefficient (Wildman–Crippen LogP) is 1.19. The molecule has 0 unspecified atom stereocenters. The lowest BCUT2D eigenvalue weighted by Gasteiger charge is -2.31. The molecule has 112 valence electrons. The van der Waals surface area contributed by atoms with Crippen molar-refractivity contribution in [3.05, 3.63) is 46.2 Å². The van der Waals surface area contributed by atoms with Crippen LogP contribution >= 0.6 is 0 Å². The molecule has 0 spiro atoms. The molecule has 3 heterocycles. The van der Waals surface area contributed by atoms with Gasteiger partial charge in [-0.2, -0.15) is 0 Å². The second-order valence-corrected chi connectivity index (χ2v) is 5.80. The van der Waals surface area contributed by atoms with Crippen LogP contribution in [-0.4, -0.2) is 37.5 Å². The summed E-state index contributed by atoms with van der Waals surface area (Å²) in [5.41, 5.74) is 0.730. The van der Waals surface area contributed by atoms with Gasteiger partial charge in [0, 0.05) is 43.7 Å². The van der Waals surface area contributed by atoms with Crippen molar-refractivity contribution in [1.82, 2.24) is 24.4 Å². The quantitative estimate of drug-likeness (QED) is 0.921. The van der Waals surface area contributed by atoms with Crippen LogP contribution in [0, 0.1) is 6.92 Å². The van der Waals surface area contributed by atoms with Gasteiger partial charge in [-0.3, -0.25) is 9.69 Å². The van der Waals surface area contributed by atoms with E-state index in [4.69, 9.17) is 0 Å². The molecule has 3 rings (SSSR count). The SMILES string of the molecule is Cc1cc(=O)[nH]c([C@H]2CCCN(Cc3nccn3C)C2)n1. The lowest BCUT2D eigenvalue weighted by molar-refractivity contribution is 0.190. The Kier molecular flexibility index (Phi) is 3.88. The topological polar surface area (TPSA) is 66.8 Å². The lowest BCUT2D eigenvalue weighted by atomic mass is 9.97. The van der Waals surface area contributed by atoms with E-state index in [2.05, 4.69) is 24.4 Å². The number of nitrogens with zero attached hydrogens (tertiary/aromatic N) is 4. The standard InChI is InChI=1S/C15H21N5O/c1-11-8-14(21)18-15(17-11)12-4-3-6-20(9-12)10-13-16-5-7-19(13)2/h5,7-8,12H,3-4,6,9-10H2,1-2H3,(H,17,18,21)/t12-/m0/s1. The number of nitrogens with one attached hydrogen (secondary N) is 1. The Bertz CT molecular complexity index is 675. The van der Waals surface area contributed by atoms with Crippen molar-refractivity contribution in [3.63, 3.8) is 0 Å². The van der Waals surface area contributed by atoms with E-state index in [1.54, 1.807) is 0 Å². The van der Waals surface area contributed by atoms with E-state index in [1.807, 2.05) is 26.4 Å². The second kappa shape index (κ2) is 5.81. The second-order valence-electron chi connectivity index (χ2n) is 5.80. The van der Waals surface area contributed by atoms with Gasteiger partial charge in [0.2, 0.25) is 0 Å². The smallest absolute Gasteiger partial charge is 0.251 e. The Hall–Kier alpha value is -1.95. The maximum Gasteiger partial charge on any atom is 0.251 e. The maximum absolute atomic E-state index is 11.6. The maximum atomic E-state index is 11.6. The summed E-state index contributed by atoms with van der Waals surface area (Å²) < 4.78 is 2.05. The van der Waals surface area contributed by atoms with Gasteiger partial charge in [-0.15, -0.1) is 0 Å². The van der Waals surface area contributed by atoms with Crippen LogP contribution in [0.4, 0.5) is 0 Å². The number of likely N-dealkylation sites (tertiary alicyclic amines) is 1. The molecular formula is C15H21N5O. The van der Waals surface area contributed by atoms with Crippen molar-refractivity contribution in [2.24, 2.45) is 7.05 Å². The first-order valence-corrected chi connectivity index (χ1v) is 7.38. The van der Waals surface area contributed by atoms with Crippen molar-refractivity contribution >= 4 is 0 Å². The van der Waals surface area contributed by atoms with Gasteiger partial charge in [0.15, 0.2) is 0 Å². The first-order valence-electron chi connectivity index (χ1n) is 7.38. The molecule has 0 aromatic carbocycles. The Morgan fingerprint density at radius 3 is 3.05 bits per heavy atom. The van der Waals surface area contributed by atoms with Crippen molar-refractivity contribution in [3.8, 4) is 0 Å². The summed E-state index contributed by atoms with van der Waals surface area (Å²) in [4.78, 5) is 25.8. The Morgan fingerprint density at radius 1 is 1.48 bits per heavy atom. The minimum atomic E-state index is -0.0567. The molecule has 2 aromatic heterocycles. The molecule has 2 aromatic rings. The minimum Gasteiger partial charge on any atom is -0.337 e. The fourth-order valence-corrected chi connectivity index (χ4v) is 2.97. The van der Waals surface area contributed by atoms with Crippen LogP contribution in [0.5, 0.6) is 0 Å². The zero-order chi connectivity index (χ0) is 14.8. The van der Waals surface area contributed by atoms with E-state index in [9.17, 15) is 4.79 Å². The Balaban J connectivity index is 1.73. The van der Waals surface area contributed by atoms with Gasteiger partial charge in [0.05, 0.1) is 6.54 Å². The summed E-state index contributed by atoms with van der Waals surface area (Å²) in [7, 11) is 2.02. The van der Waals surface area contributed by atoms with Crippen molar-refractivity contribution < 1.29 is 0 Å². The molecule has 1 aliphatic rings. The summed E-state index contributed by atoms with van der Waals surface area (Å²) in [6, 6.07) is 1.54. The van der Waals surface area contributed by atoms with Crippen LogP contribution in [0.25, 0.3) is 0 Å². The molecule has 21 heavy (non-hydrogen) atoms. The molecule has 1 N–H and O–H groups in total. The molecule has 6 heteroatoms. The predicted molar refractivity (Wildman–Crippen MR) is 80.1 cm³/mol. The van der Waals surface area contributed by atoms with Gasteiger partial charge in [0.25, 0.3) is 5.56 Å². The third kappa shape index (κ3) is 3.21. The molecule has 0 bridgehead atoms. The highest BCUT2D eigenvalue weighted by Crippen LogP contribution is 2.24. The average Bonchev–Trinajstić information content (AvgIpc) is 2.84. The summed E-state index contributed by atoms with van der Waals surface area (Å²) in [6.45, 7) is 4.70. The van der Waals surface area contributed by atoms with E-state index >= 15 is 0 Å². The van der Waals surface area contributed by atoms with Gasteiger partial charge >= 0.3 is 0 Å². The molecule has 6 nitrogen and oxygen atoms in total. The van der Waals surface area contributed by atoms with Crippen LogP contribution in [0.1, 0.15) is 36.1 Å². The van der Waals surface area contributed by atoms with Crippen LogP contribution in [0.3, 0.4) is 0 Å². The number of aromatic nitrogens is 4. The largest absolute Gasteiger partial charge is 0.337 e. The molecule has 1 atom stereocenters. The normalized spacial score (nSPS) is 19.8. The number of hydrogen-bond donors (Lipinski definition) is 1. The van der Waals surface area contributed by atoms with Crippen LogP contribution in [-0.2, 0) is 13.6 Å². The highest BCUT2D eigenvalue weighted by molar-refractivity contribution is 5.06. The summed E-state index contributed by atoms with van der Waals surface area (Å²) >= 11 is 0. The number of aryl methyl sites for hydroxylation is 2. The molecule has 0 aliphatic carbocycles. The lowest BCUT2D eigenvalue weighted by Crippen LogP contribution is -2.35. The van der Waals surface area contributed by atoms with E-state index in [-0.39, 0.29) is 5.56 Å². The van der Waals surface area contributed by atoms with Crippen molar-refractivity contribution in [2.75, 3.05) is 13.1 Å². The summed E-state index contributed by atoms with van der Waals surface area (Å²) in [5.74, 6) is 2.19.